The van der Waals surface area contributed by atoms with Crippen LogP contribution in [0.5, 0.6) is 5.75 Å². The SMILES string of the molecule is COC(=O)c1cc(C)[nH]c(=O)c1O. The number of aromatic nitrogens is 1. The fraction of sp³-hybridized carbons (Fsp3) is 0.250. The van der Waals surface area contributed by atoms with Gasteiger partial charge in [-0.2, -0.15) is 0 Å². The Hall–Kier alpha value is -1.78. The van der Waals surface area contributed by atoms with Crippen molar-refractivity contribution in [3.63, 3.8) is 0 Å². The number of aromatic hydroxyl groups is 1. The number of ether oxygens (including phenoxy) is 1. The molecule has 0 aliphatic carbocycles. The molecule has 0 saturated heterocycles. The third kappa shape index (κ3) is 1.69. The Morgan fingerprint density at radius 3 is 2.77 bits per heavy atom. The highest BCUT2D eigenvalue weighted by Crippen LogP contribution is 2.12. The van der Waals surface area contributed by atoms with Crippen LogP contribution in [0, 0.1) is 6.92 Å². The average molecular weight is 183 g/mol. The van der Waals surface area contributed by atoms with Gasteiger partial charge in [0.25, 0.3) is 5.56 Å². The van der Waals surface area contributed by atoms with Crippen molar-refractivity contribution in [3.8, 4) is 5.75 Å². The second-order valence-electron chi connectivity index (χ2n) is 2.54. The van der Waals surface area contributed by atoms with E-state index in [1.807, 2.05) is 0 Å². The van der Waals surface area contributed by atoms with Gasteiger partial charge < -0.3 is 14.8 Å². The quantitative estimate of drug-likeness (QED) is 0.608. The minimum Gasteiger partial charge on any atom is -0.502 e. The van der Waals surface area contributed by atoms with Crippen molar-refractivity contribution < 1.29 is 14.6 Å². The Balaban J connectivity index is 3.37. The first-order valence-corrected chi connectivity index (χ1v) is 3.57. The number of hydrogen-bond acceptors (Lipinski definition) is 4. The summed E-state index contributed by atoms with van der Waals surface area (Å²) in [7, 11) is 1.18. The van der Waals surface area contributed by atoms with E-state index in [0.717, 1.165) is 0 Å². The zero-order valence-corrected chi connectivity index (χ0v) is 7.25. The predicted octanol–water partition coefficient (Wildman–Crippen LogP) is 0.176. The topological polar surface area (TPSA) is 79.4 Å². The van der Waals surface area contributed by atoms with Crippen molar-refractivity contribution in [1.82, 2.24) is 4.98 Å². The summed E-state index contributed by atoms with van der Waals surface area (Å²) < 4.78 is 4.38. The molecule has 0 fully saturated rings. The molecule has 0 aliphatic rings. The van der Waals surface area contributed by atoms with Crippen molar-refractivity contribution in [2.24, 2.45) is 0 Å². The van der Waals surface area contributed by atoms with Gasteiger partial charge in [0.15, 0.2) is 5.75 Å². The Kier molecular flexibility index (Phi) is 2.36. The van der Waals surface area contributed by atoms with E-state index < -0.39 is 17.3 Å². The monoisotopic (exact) mass is 183 g/mol. The normalized spacial score (nSPS) is 9.69. The molecule has 1 aromatic heterocycles. The highest BCUT2D eigenvalue weighted by molar-refractivity contribution is 5.92. The molecule has 13 heavy (non-hydrogen) atoms. The molecule has 1 heterocycles. The van der Waals surface area contributed by atoms with Gasteiger partial charge >= 0.3 is 5.97 Å². The molecule has 0 saturated carbocycles. The molecular weight excluding hydrogens is 174 g/mol. The molecule has 70 valence electrons. The van der Waals surface area contributed by atoms with Gasteiger partial charge in [-0.05, 0) is 13.0 Å². The van der Waals surface area contributed by atoms with Crippen molar-refractivity contribution in [3.05, 3.63) is 27.7 Å². The molecule has 0 aromatic carbocycles. The second-order valence-corrected chi connectivity index (χ2v) is 2.54. The standard InChI is InChI=1S/C8H9NO4/c1-4-3-5(8(12)13-2)6(10)7(11)9-4/h3,10H,1-2H3,(H,9,11). The number of hydrogen-bond donors (Lipinski definition) is 2. The summed E-state index contributed by atoms with van der Waals surface area (Å²) in [5, 5.41) is 9.18. The van der Waals surface area contributed by atoms with Crippen LogP contribution in [-0.2, 0) is 4.74 Å². The summed E-state index contributed by atoms with van der Waals surface area (Å²) in [4.78, 5) is 24.3. The number of esters is 1. The number of aromatic amines is 1. The van der Waals surface area contributed by atoms with Crippen LogP contribution in [0.1, 0.15) is 16.1 Å². The second kappa shape index (κ2) is 3.30. The average Bonchev–Trinajstić information content (AvgIpc) is 2.10. The Morgan fingerprint density at radius 1 is 1.62 bits per heavy atom. The van der Waals surface area contributed by atoms with Crippen LogP contribution in [-0.4, -0.2) is 23.2 Å². The third-order valence-corrected chi connectivity index (χ3v) is 1.55. The summed E-state index contributed by atoms with van der Waals surface area (Å²) in [6.45, 7) is 1.60. The summed E-state index contributed by atoms with van der Waals surface area (Å²) in [5.74, 6) is -1.34. The maximum absolute atomic E-state index is 11.0. The molecule has 0 unspecified atom stereocenters. The van der Waals surface area contributed by atoms with Gasteiger partial charge in [-0.1, -0.05) is 0 Å². The van der Waals surface area contributed by atoms with Crippen molar-refractivity contribution >= 4 is 5.97 Å². The largest absolute Gasteiger partial charge is 0.502 e. The molecule has 5 nitrogen and oxygen atoms in total. The van der Waals surface area contributed by atoms with Crippen LogP contribution in [0.25, 0.3) is 0 Å². The van der Waals surface area contributed by atoms with Crippen LogP contribution >= 0.6 is 0 Å². The number of aryl methyl sites for hydroxylation is 1. The van der Waals surface area contributed by atoms with Gasteiger partial charge in [0.1, 0.15) is 5.56 Å². The van der Waals surface area contributed by atoms with Crippen LogP contribution < -0.4 is 5.56 Å². The number of pyridine rings is 1. The van der Waals surface area contributed by atoms with Gasteiger partial charge in [0, 0.05) is 5.69 Å². The van der Waals surface area contributed by atoms with Gasteiger partial charge in [0.2, 0.25) is 0 Å². The lowest BCUT2D eigenvalue weighted by Gasteiger charge is -2.02. The maximum Gasteiger partial charge on any atom is 0.341 e. The van der Waals surface area contributed by atoms with Gasteiger partial charge in [0.05, 0.1) is 7.11 Å². The van der Waals surface area contributed by atoms with Crippen molar-refractivity contribution in [2.75, 3.05) is 7.11 Å². The molecule has 0 radical (unpaired) electrons. The van der Waals surface area contributed by atoms with E-state index in [1.165, 1.54) is 13.2 Å². The van der Waals surface area contributed by atoms with E-state index in [4.69, 9.17) is 0 Å². The number of methoxy groups -OCH3 is 1. The molecule has 1 rings (SSSR count). The van der Waals surface area contributed by atoms with Gasteiger partial charge in [-0.15, -0.1) is 0 Å². The lowest BCUT2D eigenvalue weighted by Crippen LogP contribution is -2.13. The van der Waals surface area contributed by atoms with E-state index in [2.05, 4.69) is 9.72 Å². The summed E-state index contributed by atoms with van der Waals surface area (Å²) in [6.07, 6.45) is 0. The van der Waals surface area contributed by atoms with E-state index in [1.54, 1.807) is 6.92 Å². The molecule has 0 amide bonds. The first-order valence-electron chi connectivity index (χ1n) is 3.57. The zero-order chi connectivity index (χ0) is 10.0. The lowest BCUT2D eigenvalue weighted by molar-refractivity contribution is 0.0597. The fourth-order valence-corrected chi connectivity index (χ4v) is 0.947. The van der Waals surface area contributed by atoms with Crippen molar-refractivity contribution in [1.29, 1.82) is 0 Å². The lowest BCUT2D eigenvalue weighted by atomic mass is 10.2. The Morgan fingerprint density at radius 2 is 2.23 bits per heavy atom. The highest BCUT2D eigenvalue weighted by Gasteiger charge is 2.14. The van der Waals surface area contributed by atoms with Crippen LogP contribution in [0.15, 0.2) is 10.9 Å². The third-order valence-electron chi connectivity index (χ3n) is 1.55. The van der Waals surface area contributed by atoms with E-state index in [-0.39, 0.29) is 5.56 Å². The molecule has 0 atom stereocenters. The minimum absolute atomic E-state index is 0.122. The Bertz CT molecular complexity index is 394. The van der Waals surface area contributed by atoms with Gasteiger partial charge in [-0.3, -0.25) is 4.79 Å². The van der Waals surface area contributed by atoms with Crippen molar-refractivity contribution in [2.45, 2.75) is 6.92 Å². The first kappa shape index (κ1) is 9.31. The molecule has 0 spiro atoms. The van der Waals surface area contributed by atoms with E-state index >= 15 is 0 Å². The molecule has 2 N–H and O–H groups in total. The highest BCUT2D eigenvalue weighted by atomic mass is 16.5. The molecule has 0 bridgehead atoms. The van der Waals surface area contributed by atoms with Crippen LogP contribution in [0.2, 0.25) is 0 Å². The van der Waals surface area contributed by atoms with Gasteiger partial charge in [-0.25, -0.2) is 4.79 Å². The maximum atomic E-state index is 11.0. The molecule has 0 aliphatic heterocycles. The molecule has 1 aromatic rings. The Labute approximate surface area is 74.0 Å². The number of carbonyl (C=O) groups excluding carboxylic acids is 1. The predicted molar refractivity (Wildman–Crippen MR) is 44.8 cm³/mol. The van der Waals surface area contributed by atoms with Crippen LogP contribution in [0.4, 0.5) is 0 Å². The zero-order valence-electron chi connectivity index (χ0n) is 7.25. The summed E-state index contributed by atoms with van der Waals surface area (Å²) in [6, 6.07) is 1.35. The van der Waals surface area contributed by atoms with E-state index in [9.17, 15) is 14.7 Å². The van der Waals surface area contributed by atoms with E-state index in [0.29, 0.717) is 5.69 Å². The molecule has 5 heteroatoms. The number of carbonyl (C=O) groups is 1. The van der Waals surface area contributed by atoms with Crippen LogP contribution in [0.3, 0.4) is 0 Å². The number of rotatable bonds is 1. The number of H-pyrrole nitrogens is 1. The fourth-order valence-electron chi connectivity index (χ4n) is 0.947. The smallest absolute Gasteiger partial charge is 0.341 e. The summed E-state index contributed by atoms with van der Waals surface area (Å²) >= 11 is 0. The minimum atomic E-state index is -0.730. The molecular formula is C8H9NO4. The first-order chi connectivity index (χ1) is 6.06. The summed E-state index contributed by atoms with van der Waals surface area (Å²) in [5.41, 5.74) is -0.327. The number of nitrogens with one attached hydrogen (secondary N) is 1.